The topological polar surface area (TPSA) is 78.4 Å². The van der Waals surface area contributed by atoms with Crippen LogP contribution in [-0.4, -0.2) is 17.1 Å². The number of nitro groups is 1. The van der Waals surface area contributed by atoms with E-state index in [1.807, 2.05) is 0 Å². The highest BCUT2D eigenvalue weighted by molar-refractivity contribution is 5.52. The Balaban J connectivity index is 2.14. The maximum atomic E-state index is 11.0. The van der Waals surface area contributed by atoms with Crippen LogP contribution < -0.4 is 10.5 Å². The van der Waals surface area contributed by atoms with E-state index in [2.05, 4.69) is 0 Å². The summed E-state index contributed by atoms with van der Waals surface area (Å²) >= 11 is 0. The van der Waals surface area contributed by atoms with Crippen molar-refractivity contribution in [1.82, 2.24) is 0 Å². The monoisotopic (exact) mass is 250 g/mol. The van der Waals surface area contributed by atoms with Gasteiger partial charge in [-0.25, -0.2) is 0 Å². The van der Waals surface area contributed by atoms with Gasteiger partial charge in [-0.3, -0.25) is 10.1 Å². The van der Waals surface area contributed by atoms with Gasteiger partial charge in [0.1, 0.15) is 6.61 Å². The maximum absolute atomic E-state index is 11.0. The summed E-state index contributed by atoms with van der Waals surface area (Å²) in [5.74, 6) is 0.316. The summed E-state index contributed by atoms with van der Waals surface area (Å²) in [6.45, 7) is 2.05. The quantitative estimate of drug-likeness (QED) is 0.658. The number of hydrogen-bond donors (Lipinski definition) is 1. The van der Waals surface area contributed by atoms with Crippen LogP contribution in [0.25, 0.3) is 0 Å². The molecule has 0 radical (unpaired) electrons. The van der Waals surface area contributed by atoms with Gasteiger partial charge in [-0.15, -0.1) is 0 Å². The van der Waals surface area contributed by atoms with Gasteiger partial charge in [0, 0.05) is 5.56 Å². The van der Waals surface area contributed by atoms with Gasteiger partial charge in [0.15, 0.2) is 5.75 Å². The van der Waals surface area contributed by atoms with Crippen molar-refractivity contribution in [3.63, 3.8) is 0 Å². The van der Waals surface area contributed by atoms with E-state index in [4.69, 9.17) is 10.5 Å². The van der Waals surface area contributed by atoms with Gasteiger partial charge in [-0.05, 0) is 25.8 Å². The highest BCUT2D eigenvalue weighted by Gasteiger charge is 2.31. The zero-order valence-electron chi connectivity index (χ0n) is 10.5. The SMILES string of the molecule is Cc1cccc(OCC2(N)CCCC2)c1[N+](=O)[O-]. The Kier molecular flexibility index (Phi) is 3.52. The molecular formula is C13H18N2O3. The molecule has 0 spiro atoms. The first-order chi connectivity index (χ1) is 8.52. The fourth-order valence-corrected chi connectivity index (χ4v) is 2.43. The van der Waals surface area contributed by atoms with E-state index in [-0.39, 0.29) is 11.2 Å². The molecule has 18 heavy (non-hydrogen) atoms. The van der Waals surface area contributed by atoms with E-state index in [1.54, 1.807) is 25.1 Å². The molecule has 2 rings (SSSR count). The molecule has 2 N–H and O–H groups in total. The fraction of sp³-hybridized carbons (Fsp3) is 0.538. The zero-order chi connectivity index (χ0) is 13.2. The summed E-state index contributed by atoms with van der Waals surface area (Å²) in [6.07, 6.45) is 4.06. The molecule has 1 aliphatic rings. The summed E-state index contributed by atoms with van der Waals surface area (Å²) in [4.78, 5) is 10.6. The van der Waals surface area contributed by atoms with Crippen LogP contribution in [-0.2, 0) is 0 Å². The maximum Gasteiger partial charge on any atom is 0.313 e. The Morgan fingerprint density at radius 3 is 2.72 bits per heavy atom. The lowest BCUT2D eigenvalue weighted by molar-refractivity contribution is -0.386. The van der Waals surface area contributed by atoms with Crippen LogP contribution in [0.1, 0.15) is 31.2 Å². The van der Waals surface area contributed by atoms with E-state index >= 15 is 0 Å². The lowest BCUT2D eigenvalue weighted by Gasteiger charge is -2.23. The minimum atomic E-state index is -0.400. The molecule has 0 saturated heterocycles. The largest absolute Gasteiger partial charge is 0.485 e. The minimum Gasteiger partial charge on any atom is -0.485 e. The summed E-state index contributed by atoms with van der Waals surface area (Å²) in [5.41, 5.74) is 6.50. The molecule has 0 heterocycles. The van der Waals surface area contributed by atoms with Crippen molar-refractivity contribution in [3.05, 3.63) is 33.9 Å². The van der Waals surface area contributed by atoms with Gasteiger partial charge in [0.2, 0.25) is 0 Å². The second-order valence-corrected chi connectivity index (χ2v) is 5.04. The molecule has 0 aliphatic heterocycles. The van der Waals surface area contributed by atoms with E-state index < -0.39 is 4.92 Å². The van der Waals surface area contributed by atoms with Gasteiger partial charge < -0.3 is 10.5 Å². The molecule has 1 aromatic rings. The average Bonchev–Trinajstić information content (AvgIpc) is 2.73. The number of nitrogens with zero attached hydrogens (tertiary/aromatic N) is 1. The summed E-state index contributed by atoms with van der Waals surface area (Å²) < 4.78 is 5.60. The lowest BCUT2D eigenvalue weighted by atomic mass is 10.0. The number of rotatable bonds is 4. The highest BCUT2D eigenvalue weighted by Crippen LogP contribution is 2.33. The van der Waals surface area contributed by atoms with Crippen LogP contribution in [0.2, 0.25) is 0 Å². The number of nitro benzene ring substituents is 1. The first kappa shape index (κ1) is 12.8. The van der Waals surface area contributed by atoms with Gasteiger partial charge in [-0.1, -0.05) is 25.0 Å². The number of nitrogens with two attached hydrogens (primary N) is 1. The normalized spacial score (nSPS) is 17.7. The summed E-state index contributed by atoms with van der Waals surface area (Å²) in [6, 6.07) is 5.09. The second kappa shape index (κ2) is 4.94. The Hall–Kier alpha value is -1.62. The molecule has 1 aliphatic carbocycles. The lowest BCUT2D eigenvalue weighted by Crippen LogP contribution is -2.42. The molecule has 0 aromatic heterocycles. The molecule has 0 atom stereocenters. The highest BCUT2D eigenvalue weighted by atomic mass is 16.6. The number of para-hydroxylation sites is 1. The number of hydrogen-bond acceptors (Lipinski definition) is 4. The third-order valence-electron chi connectivity index (χ3n) is 3.50. The second-order valence-electron chi connectivity index (χ2n) is 5.04. The minimum absolute atomic E-state index is 0.0408. The van der Waals surface area contributed by atoms with Crippen molar-refractivity contribution < 1.29 is 9.66 Å². The van der Waals surface area contributed by atoms with Gasteiger partial charge >= 0.3 is 5.69 Å². The summed E-state index contributed by atoms with van der Waals surface area (Å²) in [7, 11) is 0. The number of benzene rings is 1. The van der Waals surface area contributed by atoms with Crippen LogP contribution in [0.5, 0.6) is 5.75 Å². The summed E-state index contributed by atoms with van der Waals surface area (Å²) in [5, 5.41) is 11.0. The van der Waals surface area contributed by atoms with Gasteiger partial charge in [0.05, 0.1) is 10.5 Å². The molecule has 5 heteroatoms. The van der Waals surface area contributed by atoms with E-state index in [9.17, 15) is 10.1 Å². The number of ether oxygens (including phenoxy) is 1. The van der Waals surface area contributed by atoms with Crippen LogP contribution in [0.15, 0.2) is 18.2 Å². The molecular weight excluding hydrogens is 232 g/mol. The van der Waals surface area contributed by atoms with Crippen molar-refractivity contribution in [1.29, 1.82) is 0 Å². The molecule has 98 valence electrons. The van der Waals surface area contributed by atoms with Crippen molar-refractivity contribution in [3.8, 4) is 5.75 Å². The first-order valence-electron chi connectivity index (χ1n) is 6.17. The first-order valence-corrected chi connectivity index (χ1v) is 6.17. The molecule has 0 amide bonds. The fourth-order valence-electron chi connectivity index (χ4n) is 2.43. The molecule has 1 saturated carbocycles. The van der Waals surface area contributed by atoms with Gasteiger partial charge in [-0.2, -0.15) is 0 Å². The third kappa shape index (κ3) is 2.61. The van der Waals surface area contributed by atoms with Crippen LogP contribution in [0, 0.1) is 17.0 Å². The van der Waals surface area contributed by atoms with E-state index in [0.29, 0.717) is 17.9 Å². The van der Waals surface area contributed by atoms with Crippen LogP contribution >= 0.6 is 0 Å². The third-order valence-corrected chi connectivity index (χ3v) is 3.50. The number of aryl methyl sites for hydroxylation is 1. The van der Waals surface area contributed by atoms with Crippen molar-refractivity contribution in [2.75, 3.05) is 6.61 Å². The van der Waals surface area contributed by atoms with Crippen LogP contribution in [0.4, 0.5) is 5.69 Å². The van der Waals surface area contributed by atoms with Gasteiger partial charge in [0.25, 0.3) is 0 Å². The van der Waals surface area contributed by atoms with E-state index in [1.165, 1.54) is 0 Å². The van der Waals surface area contributed by atoms with Crippen molar-refractivity contribution in [2.24, 2.45) is 5.73 Å². The Morgan fingerprint density at radius 1 is 1.44 bits per heavy atom. The smallest absolute Gasteiger partial charge is 0.313 e. The average molecular weight is 250 g/mol. The van der Waals surface area contributed by atoms with Crippen LogP contribution in [0.3, 0.4) is 0 Å². The predicted octanol–water partition coefficient (Wildman–Crippen LogP) is 2.55. The standard InChI is InChI=1S/C13H18N2O3/c1-10-5-4-6-11(12(10)15(16)17)18-9-13(14)7-2-3-8-13/h4-6H,2-3,7-9,14H2,1H3. The zero-order valence-corrected chi connectivity index (χ0v) is 10.5. The Labute approximate surface area is 106 Å². The molecule has 5 nitrogen and oxygen atoms in total. The Bertz CT molecular complexity index is 454. The predicted molar refractivity (Wildman–Crippen MR) is 68.7 cm³/mol. The van der Waals surface area contributed by atoms with Crippen molar-refractivity contribution >= 4 is 5.69 Å². The van der Waals surface area contributed by atoms with E-state index in [0.717, 1.165) is 25.7 Å². The molecule has 1 aromatic carbocycles. The van der Waals surface area contributed by atoms with Crippen molar-refractivity contribution in [2.45, 2.75) is 38.1 Å². The molecule has 0 unspecified atom stereocenters. The molecule has 1 fully saturated rings. The Morgan fingerprint density at radius 2 is 2.11 bits per heavy atom. The molecule has 0 bridgehead atoms.